The quantitative estimate of drug-likeness (QED) is 0.173. The van der Waals surface area contributed by atoms with E-state index in [-0.39, 0.29) is 0 Å². The summed E-state index contributed by atoms with van der Waals surface area (Å²) in [6, 6.07) is 62.2. The van der Waals surface area contributed by atoms with Crippen LogP contribution in [-0.4, -0.2) is 4.98 Å². The van der Waals surface area contributed by atoms with Crippen LogP contribution in [0.1, 0.15) is 22.3 Å². The lowest BCUT2D eigenvalue weighted by Gasteiger charge is -2.30. The molecule has 8 aromatic carbocycles. The average molecular weight is 660 g/mol. The van der Waals surface area contributed by atoms with Crippen LogP contribution in [0.25, 0.3) is 88.1 Å². The fourth-order valence-electron chi connectivity index (χ4n) is 9.78. The van der Waals surface area contributed by atoms with E-state index in [1.54, 1.807) is 0 Å². The Hall–Kier alpha value is -6.77. The highest BCUT2D eigenvalue weighted by atomic mass is 16.3. The molecule has 0 N–H and O–H groups in total. The van der Waals surface area contributed by atoms with Gasteiger partial charge >= 0.3 is 0 Å². The van der Waals surface area contributed by atoms with Crippen molar-refractivity contribution in [3.05, 3.63) is 198 Å². The molecule has 1 unspecified atom stereocenters. The van der Waals surface area contributed by atoms with Crippen molar-refractivity contribution in [2.75, 3.05) is 0 Å². The first-order valence-corrected chi connectivity index (χ1v) is 18.0. The topological polar surface area (TPSA) is 26.0 Å². The van der Waals surface area contributed by atoms with E-state index in [0.29, 0.717) is 0 Å². The van der Waals surface area contributed by atoms with Crippen LogP contribution in [0.2, 0.25) is 0 Å². The lowest BCUT2D eigenvalue weighted by molar-refractivity contribution is 0.628. The van der Waals surface area contributed by atoms with Gasteiger partial charge < -0.3 is 4.42 Å². The largest absolute Gasteiger partial charge is 0.456 e. The second kappa shape index (κ2) is 10.2. The maximum Gasteiger partial charge on any atom is 0.140 e. The van der Waals surface area contributed by atoms with Crippen LogP contribution in [0.15, 0.2) is 180 Å². The summed E-state index contributed by atoms with van der Waals surface area (Å²) in [4.78, 5) is 4.90. The van der Waals surface area contributed by atoms with E-state index in [9.17, 15) is 0 Å². The lowest BCUT2D eigenvalue weighted by atomic mass is 9.69. The number of nitrogens with zero attached hydrogens (tertiary/aromatic N) is 1. The second-order valence-corrected chi connectivity index (χ2v) is 14.1. The molecule has 2 aromatic heterocycles. The zero-order valence-electron chi connectivity index (χ0n) is 28.1. The van der Waals surface area contributed by atoms with Crippen LogP contribution in [0.3, 0.4) is 0 Å². The summed E-state index contributed by atoms with van der Waals surface area (Å²) in [6.45, 7) is 0. The number of furan rings is 1. The molecule has 1 spiro atoms. The molecule has 2 heteroatoms. The molecule has 0 radical (unpaired) electrons. The van der Waals surface area contributed by atoms with Crippen molar-refractivity contribution in [3.63, 3.8) is 0 Å². The summed E-state index contributed by atoms with van der Waals surface area (Å²) in [7, 11) is 0. The normalized spacial score (nSPS) is 15.4. The average Bonchev–Trinajstić information content (AvgIpc) is 3.83. The van der Waals surface area contributed by atoms with E-state index in [1.165, 1.54) is 82.6 Å². The number of benzene rings is 8. The summed E-state index contributed by atoms with van der Waals surface area (Å²) in [5.41, 5.74) is 15.2. The Morgan fingerprint density at radius 2 is 1.00 bits per heavy atom. The van der Waals surface area contributed by atoms with Gasteiger partial charge in [-0.2, -0.15) is 0 Å². The molecular formula is C50H29NO. The van der Waals surface area contributed by atoms with E-state index >= 15 is 0 Å². The van der Waals surface area contributed by atoms with E-state index in [1.807, 2.05) is 12.3 Å². The summed E-state index contributed by atoms with van der Waals surface area (Å²) in [5.74, 6) is 0.980. The van der Waals surface area contributed by atoms with Crippen LogP contribution < -0.4 is 0 Å². The number of rotatable bonds is 2. The second-order valence-electron chi connectivity index (χ2n) is 14.1. The zero-order chi connectivity index (χ0) is 34.0. The molecule has 1 atom stereocenters. The Labute approximate surface area is 300 Å². The number of hydrogen-bond donors (Lipinski definition) is 0. The smallest absolute Gasteiger partial charge is 0.140 e. The minimum absolute atomic E-state index is 0.513. The summed E-state index contributed by atoms with van der Waals surface area (Å²) in [6.07, 6.45) is 1.90. The van der Waals surface area contributed by atoms with Gasteiger partial charge in [-0.15, -0.1) is 0 Å². The van der Waals surface area contributed by atoms with Gasteiger partial charge in [-0.1, -0.05) is 152 Å². The van der Waals surface area contributed by atoms with Crippen molar-refractivity contribution in [3.8, 4) is 44.7 Å². The molecular weight excluding hydrogens is 631 g/mol. The molecule has 52 heavy (non-hydrogen) atoms. The highest BCUT2D eigenvalue weighted by molar-refractivity contribution is 6.23. The molecule has 0 saturated carbocycles. The van der Waals surface area contributed by atoms with E-state index in [2.05, 4.69) is 164 Å². The van der Waals surface area contributed by atoms with Crippen LogP contribution in [0.4, 0.5) is 0 Å². The van der Waals surface area contributed by atoms with Crippen LogP contribution in [0.5, 0.6) is 0 Å². The Balaban J connectivity index is 1.21. The van der Waals surface area contributed by atoms with E-state index < -0.39 is 5.41 Å². The summed E-state index contributed by atoms with van der Waals surface area (Å²) >= 11 is 0. The molecule has 0 aliphatic heterocycles. The molecule has 0 amide bonds. The number of aromatic nitrogens is 1. The summed E-state index contributed by atoms with van der Waals surface area (Å²) < 4.78 is 6.76. The Morgan fingerprint density at radius 3 is 1.77 bits per heavy atom. The monoisotopic (exact) mass is 659 g/mol. The van der Waals surface area contributed by atoms with Gasteiger partial charge in [0.25, 0.3) is 0 Å². The van der Waals surface area contributed by atoms with E-state index in [0.717, 1.165) is 27.8 Å². The number of fused-ring (bicyclic) bond motifs is 15. The third-order valence-corrected chi connectivity index (χ3v) is 11.7. The first-order chi connectivity index (χ1) is 25.8. The van der Waals surface area contributed by atoms with Crippen molar-refractivity contribution in [2.45, 2.75) is 5.41 Å². The van der Waals surface area contributed by atoms with Crippen LogP contribution in [-0.2, 0) is 5.41 Å². The van der Waals surface area contributed by atoms with Crippen LogP contribution >= 0.6 is 0 Å². The Morgan fingerprint density at radius 1 is 0.423 bits per heavy atom. The molecule has 10 aromatic rings. The molecule has 12 rings (SSSR count). The van der Waals surface area contributed by atoms with Gasteiger partial charge in [0.05, 0.1) is 10.9 Å². The van der Waals surface area contributed by atoms with Gasteiger partial charge in [0.2, 0.25) is 0 Å². The third kappa shape index (κ3) is 3.42. The fourth-order valence-corrected chi connectivity index (χ4v) is 9.78. The highest BCUT2D eigenvalue weighted by Crippen LogP contribution is 2.65. The molecule has 2 nitrogen and oxygen atoms in total. The van der Waals surface area contributed by atoms with Crippen LogP contribution in [0, 0.1) is 0 Å². The molecule has 240 valence electrons. The standard InChI is InChI=1S/C50H29NO/c1-3-18-36-34(16-1)45(35-17-2-4-19-37(35)46(36)40-22-11-13-30-14-12-28-51-48(30)40)31-26-27-33-32-15-5-8-23-41(32)50(43(33)29-31)42-24-9-6-20-38(42)49-47(50)39-21-7-10-25-44(39)52-49/h1-29H. The first kappa shape index (κ1) is 28.0. The molecule has 2 heterocycles. The van der Waals surface area contributed by atoms with Gasteiger partial charge in [-0.05, 0) is 84.3 Å². The van der Waals surface area contributed by atoms with Gasteiger partial charge in [-0.3, -0.25) is 4.98 Å². The maximum absolute atomic E-state index is 6.76. The van der Waals surface area contributed by atoms with Crippen molar-refractivity contribution in [1.29, 1.82) is 0 Å². The van der Waals surface area contributed by atoms with Gasteiger partial charge in [-0.25, -0.2) is 0 Å². The maximum atomic E-state index is 6.76. The van der Waals surface area contributed by atoms with Gasteiger partial charge in [0.1, 0.15) is 11.3 Å². The zero-order valence-corrected chi connectivity index (χ0v) is 28.1. The van der Waals surface area contributed by atoms with Crippen molar-refractivity contribution in [1.82, 2.24) is 4.98 Å². The van der Waals surface area contributed by atoms with Crippen molar-refractivity contribution in [2.24, 2.45) is 0 Å². The molecule has 0 fully saturated rings. The molecule has 2 aliphatic rings. The molecule has 2 aliphatic carbocycles. The fraction of sp³-hybridized carbons (Fsp3) is 0.0200. The predicted molar refractivity (Wildman–Crippen MR) is 214 cm³/mol. The minimum atomic E-state index is -0.513. The van der Waals surface area contributed by atoms with Gasteiger partial charge in [0, 0.05) is 33.7 Å². The van der Waals surface area contributed by atoms with Gasteiger partial charge in [0.15, 0.2) is 0 Å². The van der Waals surface area contributed by atoms with Crippen molar-refractivity contribution < 1.29 is 4.42 Å². The number of hydrogen-bond acceptors (Lipinski definition) is 2. The highest BCUT2D eigenvalue weighted by Gasteiger charge is 2.54. The SMILES string of the molecule is c1ccc2c(c1)-c1ccc(-c3c4ccccc4c(-c4cccc5cccnc45)c4ccccc34)cc1C21c2ccccc2-c2oc3ccccc3c21. The third-order valence-electron chi connectivity index (χ3n) is 11.7. The number of para-hydroxylation sites is 2. The predicted octanol–water partition coefficient (Wildman–Crippen LogP) is 13.0. The van der Waals surface area contributed by atoms with E-state index in [4.69, 9.17) is 9.40 Å². The first-order valence-electron chi connectivity index (χ1n) is 18.0. The summed E-state index contributed by atoms with van der Waals surface area (Å²) in [5, 5.41) is 7.23. The lowest BCUT2D eigenvalue weighted by Crippen LogP contribution is -2.25. The van der Waals surface area contributed by atoms with Crippen molar-refractivity contribution >= 4 is 43.4 Å². The minimum Gasteiger partial charge on any atom is -0.456 e. The number of pyridine rings is 1. The molecule has 0 saturated heterocycles. The Bertz CT molecular complexity index is 3090. The Kier molecular flexibility index (Phi) is 5.46. The molecule has 0 bridgehead atoms.